The summed E-state index contributed by atoms with van der Waals surface area (Å²) >= 11 is 0. The van der Waals surface area contributed by atoms with Crippen molar-refractivity contribution in [2.24, 2.45) is 0 Å². The Bertz CT molecular complexity index is 1000. The molecule has 26 heavy (non-hydrogen) atoms. The summed E-state index contributed by atoms with van der Waals surface area (Å²) in [6, 6.07) is 16.5. The molecule has 136 valence electrons. The summed E-state index contributed by atoms with van der Waals surface area (Å²) in [5.41, 5.74) is 1.94. The van der Waals surface area contributed by atoms with Gasteiger partial charge in [0.05, 0.1) is 10.4 Å². The Kier molecular flexibility index (Phi) is 4.56. The standard InChI is InChI=1S/C20H23N3O2S/c1-21-11-13-22(14-12-21)16-17-7-8-20-18(15-17)9-10-23(20)26(24,25)19-5-3-2-4-6-19/h2-10,15H,11-14,16H2,1H3. The number of benzene rings is 2. The van der Waals surface area contributed by atoms with Gasteiger partial charge in [0.1, 0.15) is 0 Å². The van der Waals surface area contributed by atoms with E-state index in [0.717, 1.165) is 43.6 Å². The third-order valence-corrected chi connectivity index (χ3v) is 6.73. The maximum absolute atomic E-state index is 12.9. The Morgan fingerprint density at radius 1 is 0.923 bits per heavy atom. The minimum absolute atomic E-state index is 0.305. The lowest BCUT2D eigenvalue weighted by atomic mass is 10.1. The van der Waals surface area contributed by atoms with Gasteiger partial charge in [-0.25, -0.2) is 12.4 Å². The van der Waals surface area contributed by atoms with E-state index < -0.39 is 10.0 Å². The van der Waals surface area contributed by atoms with Crippen molar-refractivity contribution in [1.82, 2.24) is 13.8 Å². The Hall–Kier alpha value is -2.15. The van der Waals surface area contributed by atoms with Gasteiger partial charge >= 0.3 is 0 Å². The molecule has 0 atom stereocenters. The van der Waals surface area contributed by atoms with Crippen molar-refractivity contribution in [3.8, 4) is 0 Å². The first kappa shape index (κ1) is 17.3. The SMILES string of the molecule is CN1CCN(Cc2ccc3c(ccn3S(=O)(=O)c3ccccc3)c2)CC1. The van der Waals surface area contributed by atoms with E-state index in [4.69, 9.17) is 0 Å². The first-order chi connectivity index (χ1) is 12.5. The highest BCUT2D eigenvalue weighted by Gasteiger charge is 2.19. The molecule has 5 nitrogen and oxygen atoms in total. The highest BCUT2D eigenvalue weighted by Crippen LogP contribution is 2.23. The summed E-state index contributed by atoms with van der Waals surface area (Å²) in [6.07, 6.45) is 1.65. The van der Waals surface area contributed by atoms with Crippen LogP contribution in [0.5, 0.6) is 0 Å². The molecule has 1 aliphatic rings. The van der Waals surface area contributed by atoms with Crippen LogP contribution >= 0.6 is 0 Å². The highest BCUT2D eigenvalue weighted by atomic mass is 32.2. The second-order valence-corrected chi connectivity index (χ2v) is 8.72. The van der Waals surface area contributed by atoms with E-state index in [1.54, 1.807) is 30.5 Å². The van der Waals surface area contributed by atoms with Crippen molar-refractivity contribution >= 4 is 20.9 Å². The van der Waals surface area contributed by atoms with E-state index in [0.29, 0.717) is 4.90 Å². The van der Waals surface area contributed by atoms with Gasteiger partial charge in [0, 0.05) is 44.3 Å². The fourth-order valence-electron chi connectivity index (χ4n) is 3.44. The molecule has 1 fully saturated rings. The van der Waals surface area contributed by atoms with Crippen LogP contribution in [0.15, 0.2) is 65.7 Å². The van der Waals surface area contributed by atoms with E-state index in [9.17, 15) is 8.42 Å². The maximum Gasteiger partial charge on any atom is 0.268 e. The Morgan fingerprint density at radius 3 is 2.38 bits per heavy atom. The zero-order valence-electron chi connectivity index (χ0n) is 14.9. The average molecular weight is 369 g/mol. The molecule has 0 unspecified atom stereocenters. The predicted molar refractivity (Wildman–Crippen MR) is 104 cm³/mol. The monoisotopic (exact) mass is 369 g/mol. The molecule has 0 N–H and O–H groups in total. The number of hydrogen-bond acceptors (Lipinski definition) is 4. The number of nitrogens with zero attached hydrogens (tertiary/aromatic N) is 3. The molecule has 0 bridgehead atoms. The molecule has 1 aliphatic heterocycles. The van der Waals surface area contributed by atoms with Crippen molar-refractivity contribution in [1.29, 1.82) is 0 Å². The van der Waals surface area contributed by atoms with Crippen LogP contribution in [0.1, 0.15) is 5.56 Å². The molecule has 3 aromatic rings. The highest BCUT2D eigenvalue weighted by molar-refractivity contribution is 7.90. The quantitative estimate of drug-likeness (QED) is 0.709. The van der Waals surface area contributed by atoms with Crippen LogP contribution in [-0.4, -0.2) is 55.4 Å². The molecule has 1 saturated heterocycles. The third kappa shape index (κ3) is 3.28. The largest absolute Gasteiger partial charge is 0.304 e. The molecule has 0 saturated carbocycles. The number of hydrogen-bond donors (Lipinski definition) is 0. The molecular formula is C20H23N3O2S. The van der Waals surface area contributed by atoms with Crippen molar-refractivity contribution in [3.63, 3.8) is 0 Å². The van der Waals surface area contributed by atoms with Gasteiger partial charge in [0.2, 0.25) is 0 Å². The van der Waals surface area contributed by atoms with Gasteiger partial charge in [-0.15, -0.1) is 0 Å². The molecule has 1 aromatic heterocycles. The van der Waals surface area contributed by atoms with Crippen LogP contribution in [0.25, 0.3) is 10.9 Å². The Labute approximate surface area is 154 Å². The van der Waals surface area contributed by atoms with Gasteiger partial charge in [0.25, 0.3) is 10.0 Å². The molecule has 2 aromatic carbocycles. The van der Waals surface area contributed by atoms with Crippen LogP contribution < -0.4 is 0 Å². The van der Waals surface area contributed by atoms with Crippen molar-refractivity contribution in [2.45, 2.75) is 11.4 Å². The average Bonchev–Trinajstić information content (AvgIpc) is 3.08. The minimum Gasteiger partial charge on any atom is -0.304 e. The number of aromatic nitrogens is 1. The van der Waals surface area contributed by atoms with E-state index in [-0.39, 0.29) is 0 Å². The summed E-state index contributed by atoms with van der Waals surface area (Å²) in [5.74, 6) is 0. The molecule has 2 heterocycles. The Morgan fingerprint density at radius 2 is 1.65 bits per heavy atom. The van der Waals surface area contributed by atoms with E-state index in [2.05, 4.69) is 22.9 Å². The van der Waals surface area contributed by atoms with Crippen molar-refractivity contribution < 1.29 is 8.42 Å². The fraction of sp³-hybridized carbons (Fsp3) is 0.300. The summed E-state index contributed by atoms with van der Waals surface area (Å²) in [4.78, 5) is 5.09. The number of likely N-dealkylation sites (N-methyl/N-ethyl adjacent to an activating group) is 1. The van der Waals surface area contributed by atoms with Gasteiger partial charge in [-0.3, -0.25) is 4.90 Å². The van der Waals surface area contributed by atoms with Gasteiger partial charge in [-0.2, -0.15) is 0 Å². The molecule has 4 rings (SSSR count). The van der Waals surface area contributed by atoms with Gasteiger partial charge < -0.3 is 4.90 Å². The lowest BCUT2D eigenvalue weighted by Gasteiger charge is -2.32. The Balaban J connectivity index is 1.62. The fourth-order valence-corrected chi connectivity index (χ4v) is 4.82. The van der Waals surface area contributed by atoms with Gasteiger partial charge in [-0.1, -0.05) is 24.3 Å². The smallest absolute Gasteiger partial charge is 0.268 e. The summed E-state index contributed by atoms with van der Waals surface area (Å²) in [6.45, 7) is 5.22. The van der Waals surface area contributed by atoms with Crippen molar-refractivity contribution in [3.05, 3.63) is 66.4 Å². The lowest BCUT2D eigenvalue weighted by Crippen LogP contribution is -2.43. The third-order valence-electron chi connectivity index (χ3n) is 5.02. The molecule has 0 spiro atoms. The number of rotatable bonds is 4. The second kappa shape index (κ2) is 6.87. The topological polar surface area (TPSA) is 45.5 Å². The summed E-state index contributed by atoms with van der Waals surface area (Å²) < 4.78 is 27.2. The number of fused-ring (bicyclic) bond motifs is 1. The summed E-state index contributed by atoms with van der Waals surface area (Å²) in [7, 11) is -1.42. The first-order valence-corrected chi connectivity index (χ1v) is 10.3. The van der Waals surface area contributed by atoms with Crippen LogP contribution in [0.2, 0.25) is 0 Å². The second-order valence-electron chi connectivity index (χ2n) is 6.90. The molecule has 0 aliphatic carbocycles. The molecule has 0 radical (unpaired) electrons. The normalized spacial score (nSPS) is 17.0. The predicted octanol–water partition coefficient (Wildman–Crippen LogP) is 2.63. The zero-order valence-corrected chi connectivity index (χ0v) is 15.7. The zero-order chi connectivity index (χ0) is 18.1. The van der Waals surface area contributed by atoms with Crippen LogP contribution in [0.3, 0.4) is 0 Å². The van der Waals surface area contributed by atoms with E-state index in [1.165, 1.54) is 9.54 Å². The van der Waals surface area contributed by atoms with Crippen LogP contribution in [0, 0.1) is 0 Å². The molecular weight excluding hydrogens is 346 g/mol. The first-order valence-electron chi connectivity index (χ1n) is 8.85. The minimum atomic E-state index is -3.57. The van der Waals surface area contributed by atoms with E-state index in [1.807, 2.05) is 24.3 Å². The molecule has 0 amide bonds. The lowest BCUT2D eigenvalue weighted by molar-refractivity contribution is 0.148. The van der Waals surface area contributed by atoms with Crippen molar-refractivity contribution in [2.75, 3.05) is 33.2 Å². The van der Waals surface area contributed by atoms with E-state index >= 15 is 0 Å². The van der Waals surface area contributed by atoms with Gasteiger partial charge in [0.15, 0.2) is 0 Å². The number of piperazine rings is 1. The molecule has 6 heteroatoms. The van der Waals surface area contributed by atoms with Crippen LogP contribution in [0.4, 0.5) is 0 Å². The summed E-state index contributed by atoms with van der Waals surface area (Å²) in [5, 5.41) is 0.955. The maximum atomic E-state index is 12.9. The van der Waals surface area contributed by atoms with Gasteiger partial charge in [-0.05, 0) is 42.9 Å². The van der Waals surface area contributed by atoms with Crippen LogP contribution in [-0.2, 0) is 16.6 Å².